The van der Waals surface area contributed by atoms with Crippen LogP contribution in [0.2, 0.25) is 0 Å². The van der Waals surface area contributed by atoms with E-state index in [1.807, 2.05) is 24.3 Å². The number of hydrogen-bond donors (Lipinski definition) is 2. The van der Waals surface area contributed by atoms with Gasteiger partial charge < -0.3 is 10.4 Å². The van der Waals surface area contributed by atoms with Crippen LogP contribution in [0.15, 0.2) is 35.3 Å². The Kier molecular flexibility index (Phi) is 5.22. The monoisotopic (exact) mass is 283 g/mol. The first kappa shape index (κ1) is 12.9. The SMILES string of the molecule is C=C(Br)CNCc1ccccc1CC(=O)O. The quantitative estimate of drug-likeness (QED) is 0.842. The lowest BCUT2D eigenvalue weighted by Gasteiger charge is -2.08. The topological polar surface area (TPSA) is 49.3 Å². The summed E-state index contributed by atoms with van der Waals surface area (Å²) in [6.45, 7) is 5.03. The molecule has 2 N–H and O–H groups in total. The Morgan fingerprint density at radius 1 is 1.38 bits per heavy atom. The highest BCUT2D eigenvalue weighted by molar-refractivity contribution is 9.11. The van der Waals surface area contributed by atoms with Gasteiger partial charge in [-0.1, -0.05) is 46.8 Å². The maximum atomic E-state index is 10.7. The maximum Gasteiger partial charge on any atom is 0.307 e. The van der Waals surface area contributed by atoms with Gasteiger partial charge in [-0.25, -0.2) is 0 Å². The molecule has 1 rings (SSSR count). The lowest BCUT2D eigenvalue weighted by Crippen LogP contribution is -2.16. The summed E-state index contributed by atoms with van der Waals surface area (Å²) >= 11 is 3.26. The molecule has 1 aromatic rings. The third-order valence-electron chi connectivity index (χ3n) is 2.09. The van der Waals surface area contributed by atoms with Crippen LogP contribution < -0.4 is 5.32 Å². The van der Waals surface area contributed by atoms with Gasteiger partial charge in [0, 0.05) is 17.6 Å². The highest BCUT2D eigenvalue weighted by Gasteiger charge is 2.05. The summed E-state index contributed by atoms with van der Waals surface area (Å²) in [6.07, 6.45) is 0.0626. The molecular weight excluding hydrogens is 270 g/mol. The molecule has 86 valence electrons. The van der Waals surface area contributed by atoms with E-state index in [9.17, 15) is 4.79 Å². The van der Waals surface area contributed by atoms with Crippen molar-refractivity contribution in [2.75, 3.05) is 6.54 Å². The van der Waals surface area contributed by atoms with Gasteiger partial charge in [0.05, 0.1) is 6.42 Å². The Labute approximate surface area is 103 Å². The number of benzene rings is 1. The Morgan fingerprint density at radius 2 is 2.00 bits per heavy atom. The van der Waals surface area contributed by atoms with Crippen LogP contribution >= 0.6 is 15.9 Å². The fourth-order valence-electron chi connectivity index (χ4n) is 1.40. The van der Waals surface area contributed by atoms with Crippen molar-refractivity contribution in [3.05, 3.63) is 46.5 Å². The fraction of sp³-hybridized carbons (Fsp3) is 0.250. The molecule has 0 amide bonds. The Balaban J connectivity index is 2.63. The van der Waals surface area contributed by atoms with Crippen molar-refractivity contribution in [3.8, 4) is 0 Å². The predicted octanol–water partition coefficient (Wildman–Crippen LogP) is 2.31. The summed E-state index contributed by atoms with van der Waals surface area (Å²) in [5, 5.41) is 11.9. The molecule has 16 heavy (non-hydrogen) atoms. The van der Waals surface area contributed by atoms with Crippen LogP contribution in [0, 0.1) is 0 Å². The second-order valence-electron chi connectivity index (χ2n) is 3.46. The van der Waals surface area contributed by atoms with Crippen LogP contribution in [-0.4, -0.2) is 17.6 Å². The number of nitrogens with one attached hydrogen (secondary N) is 1. The number of aliphatic carboxylic acids is 1. The van der Waals surface area contributed by atoms with Crippen molar-refractivity contribution >= 4 is 21.9 Å². The minimum absolute atomic E-state index is 0.0626. The van der Waals surface area contributed by atoms with Crippen molar-refractivity contribution in [2.45, 2.75) is 13.0 Å². The summed E-state index contributed by atoms with van der Waals surface area (Å²) < 4.78 is 0.878. The van der Waals surface area contributed by atoms with E-state index in [-0.39, 0.29) is 6.42 Å². The van der Waals surface area contributed by atoms with Crippen molar-refractivity contribution in [1.29, 1.82) is 0 Å². The first-order valence-electron chi connectivity index (χ1n) is 4.92. The van der Waals surface area contributed by atoms with E-state index >= 15 is 0 Å². The van der Waals surface area contributed by atoms with Gasteiger partial charge in [0.15, 0.2) is 0 Å². The maximum absolute atomic E-state index is 10.7. The summed E-state index contributed by atoms with van der Waals surface area (Å²) in [4.78, 5) is 10.7. The molecule has 0 fully saturated rings. The molecule has 1 aromatic carbocycles. The third-order valence-corrected chi connectivity index (χ3v) is 2.37. The van der Waals surface area contributed by atoms with Crippen LogP contribution in [0.3, 0.4) is 0 Å². The van der Waals surface area contributed by atoms with Crippen LogP contribution in [0.5, 0.6) is 0 Å². The Morgan fingerprint density at radius 3 is 2.56 bits per heavy atom. The lowest BCUT2D eigenvalue weighted by molar-refractivity contribution is -0.136. The molecule has 0 aliphatic carbocycles. The minimum Gasteiger partial charge on any atom is -0.481 e. The molecule has 0 radical (unpaired) electrons. The van der Waals surface area contributed by atoms with Crippen molar-refractivity contribution in [2.24, 2.45) is 0 Å². The van der Waals surface area contributed by atoms with E-state index in [1.165, 1.54) is 0 Å². The second kappa shape index (κ2) is 6.45. The molecule has 0 heterocycles. The van der Waals surface area contributed by atoms with E-state index < -0.39 is 5.97 Å². The zero-order valence-electron chi connectivity index (χ0n) is 8.87. The number of carboxylic acids is 1. The Hall–Kier alpha value is -1.13. The third kappa shape index (κ3) is 4.59. The molecule has 0 aliphatic heterocycles. The number of carboxylic acid groups (broad SMARTS) is 1. The van der Waals surface area contributed by atoms with Crippen molar-refractivity contribution in [3.63, 3.8) is 0 Å². The van der Waals surface area contributed by atoms with Gasteiger partial charge in [-0.15, -0.1) is 0 Å². The van der Waals surface area contributed by atoms with Crippen LogP contribution in [0.25, 0.3) is 0 Å². The van der Waals surface area contributed by atoms with Gasteiger partial charge in [0.2, 0.25) is 0 Å². The lowest BCUT2D eigenvalue weighted by atomic mass is 10.0. The van der Waals surface area contributed by atoms with E-state index in [4.69, 9.17) is 5.11 Å². The highest BCUT2D eigenvalue weighted by atomic mass is 79.9. The normalized spacial score (nSPS) is 10.1. The van der Waals surface area contributed by atoms with E-state index in [2.05, 4.69) is 27.8 Å². The summed E-state index contributed by atoms with van der Waals surface area (Å²) in [5.41, 5.74) is 1.86. The summed E-state index contributed by atoms with van der Waals surface area (Å²) in [5.74, 6) is -0.808. The Bertz CT molecular complexity index is 390. The summed E-state index contributed by atoms with van der Waals surface area (Å²) in [6, 6.07) is 7.53. The highest BCUT2D eigenvalue weighted by Crippen LogP contribution is 2.09. The number of hydrogen-bond acceptors (Lipinski definition) is 2. The first-order valence-corrected chi connectivity index (χ1v) is 5.71. The average Bonchev–Trinajstić information content (AvgIpc) is 2.19. The van der Waals surface area contributed by atoms with Gasteiger partial charge in [-0.05, 0) is 11.1 Å². The van der Waals surface area contributed by atoms with Crippen molar-refractivity contribution < 1.29 is 9.90 Å². The van der Waals surface area contributed by atoms with Crippen LogP contribution in [0.4, 0.5) is 0 Å². The molecule has 0 spiro atoms. The molecule has 4 heteroatoms. The minimum atomic E-state index is -0.808. The average molecular weight is 284 g/mol. The molecule has 0 saturated heterocycles. The largest absolute Gasteiger partial charge is 0.481 e. The van der Waals surface area contributed by atoms with Gasteiger partial charge in [0.25, 0.3) is 0 Å². The van der Waals surface area contributed by atoms with Crippen molar-refractivity contribution in [1.82, 2.24) is 5.32 Å². The molecular formula is C12H14BrNO2. The molecule has 0 bridgehead atoms. The smallest absolute Gasteiger partial charge is 0.307 e. The van der Waals surface area contributed by atoms with E-state index in [1.54, 1.807) is 0 Å². The first-order chi connectivity index (χ1) is 7.59. The molecule has 0 atom stereocenters. The fourth-order valence-corrected chi connectivity index (χ4v) is 1.60. The van der Waals surface area contributed by atoms with Crippen LogP contribution in [-0.2, 0) is 17.8 Å². The molecule has 0 aliphatic rings. The number of rotatable bonds is 6. The molecule has 3 nitrogen and oxygen atoms in total. The molecule has 0 aromatic heterocycles. The number of carbonyl (C=O) groups is 1. The van der Waals surface area contributed by atoms with Gasteiger partial charge in [-0.2, -0.15) is 0 Å². The van der Waals surface area contributed by atoms with Gasteiger partial charge in [0.1, 0.15) is 0 Å². The standard InChI is InChI=1S/C12H14BrNO2/c1-9(13)7-14-8-11-5-3-2-4-10(11)6-12(15)16/h2-5,14H,1,6-8H2,(H,15,16). The van der Waals surface area contributed by atoms with E-state index in [0.29, 0.717) is 13.1 Å². The molecule has 0 unspecified atom stereocenters. The van der Waals surface area contributed by atoms with Gasteiger partial charge >= 0.3 is 5.97 Å². The van der Waals surface area contributed by atoms with Gasteiger partial charge in [-0.3, -0.25) is 4.79 Å². The summed E-state index contributed by atoms with van der Waals surface area (Å²) in [7, 11) is 0. The number of halogens is 1. The zero-order chi connectivity index (χ0) is 12.0. The molecule has 0 saturated carbocycles. The van der Waals surface area contributed by atoms with Crippen LogP contribution in [0.1, 0.15) is 11.1 Å². The second-order valence-corrected chi connectivity index (χ2v) is 4.58. The van der Waals surface area contributed by atoms with E-state index in [0.717, 1.165) is 15.6 Å². The predicted molar refractivity (Wildman–Crippen MR) is 67.6 cm³/mol. The zero-order valence-corrected chi connectivity index (χ0v) is 10.5.